The number of fused-ring (bicyclic) bond motifs is 6. The molecule has 11 rings (SSSR count). The Balaban J connectivity index is 1.13. The molecule has 0 amide bonds. The Morgan fingerprint density at radius 2 is 0.949 bits per heavy atom. The van der Waals surface area contributed by atoms with Crippen LogP contribution < -0.4 is 4.90 Å². The van der Waals surface area contributed by atoms with Crippen LogP contribution in [0, 0.1) is 0 Å². The largest absolute Gasteiger partial charge is 0.455 e. The van der Waals surface area contributed by atoms with E-state index in [0.29, 0.717) is 0 Å². The molecule has 0 atom stereocenters. The minimum absolute atomic E-state index is 0.0449. The average Bonchev–Trinajstić information content (AvgIpc) is 3.80. The van der Waals surface area contributed by atoms with Gasteiger partial charge in [0.05, 0.1) is 16.8 Å². The standard InChI is InChI=1S/C57H41NO/c1-57(2)50-25-12-9-23-47(50)49-37-43(32-34-51(49)57)42-20-15-21-44(36-42)58(52-26-13-10-22-45(52)41-30-28-39(29-31-41)38-16-5-3-6-17-38)53-35-33-46(40-18-7-4-8-19-40)56-55(53)48-24-11-14-27-54(48)59-56/h3-37H,1-2H3. The molecule has 0 bridgehead atoms. The first kappa shape index (κ1) is 34.8. The fourth-order valence-electron chi connectivity index (χ4n) is 9.36. The SMILES string of the molecule is CC1(C)c2ccccc2-c2cc(-c3cccc(N(c4ccccc4-c4ccc(-c5ccccc5)cc4)c4ccc(-c5ccccc5)c5oc6ccccc6c45)c3)ccc21. The third-order valence-electron chi connectivity index (χ3n) is 12.3. The zero-order valence-corrected chi connectivity index (χ0v) is 33.1. The fourth-order valence-corrected chi connectivity index (χ4v) is 9.36. The Labute approximate surface area is 345 Å². The normalized spacial score (nSPS) is 12.7. The number of rotatable bonds is 7. The van der Waals surface area contributed by atoms with Crippen molar-refractivity contribution >= 4 is 39.0 Å². The summed E-state index contributed by atoms with van der Waals surface area (Å²) >= 11 is 0. The molecule has 1 aromatic heterocycles. The van der Waals surface area contributed by atoms with Crippen LogP contribution in [0.15, 0.2) is 217 Å². The van der Waals surface area contributed by atoms with Crippen molar-refractivity contribution in [2.24, 2.45) is 0 Å². The number of hydrogen-bond acceptors (Lipinski definition) is 2. The van der Waals surface area contributed by atoms with E-state index in [-0.39, 0.29) is 5.41 Å². The van der Waals surface area contributed by atoms with Crippen molar-refractivity contribution in [3.63, 3.8) is 0 Å². The molecule has 1 aliphatic rings. The van der Waals surface area contributed by atoms with Gasteiger partial charge in [-0.3, -0.25) is 0 Å². The zero-order valence-electron chi connectivity index (χ0n) is 33.1. The summed E-state index contributed by atoms with van der Waals surface area (Å²) < 4.78 is 6.83. The summed E-state index contributed by atoms with van der Waals surface area (Å²) in [5, 5.41) is 2.17. The van der Waals surface area contributed by atoms with Gasteiger partial charge in [-0.05, 0) is 98.1 Å². The minimum atomic E-state index is -0.0449. The van der Waals surface area contributed by atoms with Crippen molar-refractivity contribution in [3.05, 3.63) is 223 Å². The number of hydrogen-bond donors (Lipinski definition) is 0. The monoisotopic (exact) mass is 755 g/mol. The van der Waals surface area contributed by atoms with Crippen LogP contribution in [-0.4, -0.2) is 0 Å². The van der Waals surface area contributed by atoms with Crippen molar-refractivity contribution in [1.82, 2.24) is 0 Å². The molecule has 2 heteroatoms. The van der Waals surface area contributed by atoms with E-state index in [9.17, 15) is 0 Å². The van der Waals surface area contributed by atoms with Gasteiger partial charge in [-0.15, -0.1) is 0 Å². The summed E-state index contributed by atoms with van der Waals surface area (Å²) in [6.07, 6.45) is 0. The molecule has 0 fully saturated rings. The number of para-hydroxylation sites is 2. The lowest BCUT2D eigenvalue weighted by Gasteiger charge is -2.29. The predicted octanol–water partition coefficient (Wildman–Crippen LogP) is 16.0. The van der Waals surface area contributed by atoms with Crippen LogP contribution in [0.1, 0.15) is 25.0 Å². The van der Waals surface area contributed by atoms with Crippen LogP contribution in [0.5, 0.6) is 0 Å². The van der Waals surface area contributed by atoms with Crippen LogP contribution in [0.25, 0.3) is 77.6 Å². The molecule has 0 radical (unpaired) electrons. The van der Waals surface area contributed by atoms with E-state index in [1.165, 1.54) is 38.9 Å². The van der Waals surface area contributed by atoms with Crippen molar-refractivity contribution in [2.75, 3.05) is 4.90 Å². The number of nitrogens with zero attached hydrogens (tertiary/aromatic N) is 1. The van der Waals surface area contributed by atoms with Gasteiger partial charge in [-0.1, -0.05) is 184 Å². The van der Waals surface area contributed by atoms with Crippen LogP contribution in [0.4, 0.5) is 17.1 Å². The van der Waals surface area contributed by atoms with E-state index in [1.54, 1.807) is 0 Å². The third-order valence-corrected chi connectivity index (χ3v) is 12.3. The van der Waals surface area contributed by atoms with Crippen molar-refractivity contribution < 1.29 is 4.42 Å². The zero-order chi connectivity index (χ0) is 39.5. The fraction of sp³-hybridized carbons (Fsp3) is 0.0526. The van der Waals surface area contributed by atoms with Crippen LogP contribution in [0.3, 0.4) is 0 Å². The Morgan fingerprint density at radius 3 is 1.76 bits per heavy atom. The van der Waals surface area contributed by atoms with E-state index in [0.717, 1.165) is 66.8 Å². The topological polar surface area (TPSA) is 16.4 Å². The first-order valence-corrected chi connectivity index (χ1v) is 20.4. The molecule has 1 aliphatic carbocycles. The van der Waals surface area contributed by atoms with Gasteiger partial charge >= 0.3 is 0 Å². The molecule has 0 N–H and O–H groups in total. The molecule has 0 spiro atoms. The van der Waals surface area contributed by atoms with E-state index in [2.05, 4.69) is 231 Å². The smallest absolute Gasteiger partial charge is 0.145 e. The summed E-state index contributed by atoms with van der Waals surface area (Å²) in [5.74, 6) is 0. The van der Waals surface area contributed by atoms with Gasteiger partial charge in [-0.25, -0.2) is 0 Å². The van der Waals surface area contributed by atoms with Crippen molar-refractivity contribution in [3.8, 4) is 55.6 Å². The molecule has 0 saturated carbocycles. The Morgan fingerprint density at radius 1 is 0.373 bits per heavy atom. The lowest BCUT2D eigenvalue weighted by atomic mass is 9.82. The van der Waals surface area contributed by atoms with Gasteiger partial charge in [0, 0.05) is 27.6 Å². The maximum Gasteiger partial charge on any atom is 0.145 e. The second kappa shape index (κ2) is 13.9. The summed E-state index contributed by atoms with van der Waals surface area (Å²) in [6.45, 7) is 4.68. The maximum absolute atomic E-state index is 6.83. The first-order chi connectivity index (χ1) is 29.0. The van der Waals surface area contributed by atoms with Crippen LogP contribution in [-0.2, 0) is 5.41 Å². The molecule has 0 saturated heterocycles. The first-order valence-electron chi connectivity index (χ1n) is 20.4. The molecule has 10 aromatic rings. The highest BCUT2D eigenvalue weighted by Crippen LogP contribution is 2.51. The highest BCUT2D eigenvalue weighted by Gasteiger charge is 2.35. The Hall–Kier alpha value is -7.42. The second-order valence-corrected chi connectivity index (χ2v) is 16.1. The van der Waals surface area contributed by atoms with Crippen LogP contribution >= 0.6 is 0 Å². The lowest BCUT2D eigenvalue weighted by Crippen LogP contribution is -2.14. The lowest BCUT2D eigenvalue weighted by molar-refractivity contribution is 0.660. The van der Waals surface area contributed by atoms with Gasteiger partial charge < -0.3 is 9.32 Å². The summed E-state index contributed by atoms with van der Waals surface area (Å²) in [4.78, 5) is 2.44. The van der Waals surface area contributed by atoms with Gasteiger partial charge in [0.25, 0.3) is 0 Å². The van der Waals surface area contributed by atoms with E-state index in [4.69, 9.17) is 4.42 Å². The van der Waals surface area contributed by atoms with E-state index >= 15 is 0 Å². The molecule has 280 valence electrons. The van der Waals surface area contributed by atoms with Gasteiger partial charge in [0.2, 0.25) is 0 Å². The molecule has 0 unspecified atom stereocenters. The van der Waals surface area contributed by atoms with Crippen molar-refractivity contribution in [2.45, 2.75) is 19.3 Å². The van der Waals surface area contributed by atoms with E-state index < -0.39 is 0 Å². The molecule has 9 aromatic carbocycles. The quantitative estimate of drug-likeness (QED) is 0.161. The molecule has 1 heterocycles. The minimum Gasteiger partial charge on any atom is -0.455 e. The molecule has 2 nitrogen and oxygen atoms in total. The summed E-state index contributed by atoms with van der Waals surface area (Å²) in [5.41, 5.74) is 19.5. The third kappa shape index (κ3) is 5.79. The summed E-state index contributed by atoms with van der Waals surface area (Å²) in [6, 6.07) is 76.8. The van der Waals surface area contributed by atoms with Crippen LogP contribution in [0.2, 0.25) is 0 Å². The highest BCUT2D eigenvalue weighted by molar-refractivity contribution is 6.17. The van der Waals surface area contributed by atoms with Crippen molar-refractivity contribution in [1.29, 1.82) is 0 Å². The molecular weight excluding hydrogens is 715 g/mol. The molecule has 59 heavy (non-hydrogen) atoms. The van der Waals surface area contributed by atoms with Gasteiger partial charge in [0.1, 0.15) is 11.2 Å². The van der Waals surface area contributed by atoms with Gasteiger partial charge in [0.15, 0.2) is 0 Å². The maximum atomic E-state index is 6.83. The second-order valence-electron chi connectivity index (χ2n) is 16.1. The number of furan rings is 1. The van der Waals surface area contributed by atoms with E-state index in [1.807, 2.05) is 0 Å². The predicted molar refractivity (Wildman–Crippen MR) is 248 cm³/mol. The number of benzene rings is 9. The Kier molecular flexibility index (Phi) is 8.20. The summed E-state index contributed by atoms with van der Waals surface area (Å²) in [7, 11) is 0. The highest BCUT2D eigenvalue weighted by atomic mass is 16.3. The molecule has 0 aliphatic heterocycles. The van der Waals surface area contributed by atoms with Gasteiger partial charge in [-0.2, -0.15) is 0 Å². The molecular formula is C57H41NO. The average molecular weight is 756 g/mol. The Bertz CT molecular complexity index is 3170. The number of anilines is 3.